The summed E-state index contributed by atoms with van der Waals surface area (Å²) in [7, 11) is -6.58. The number of carbonyl (C=O) groups excluding carboxylic acids is 2. The van der Waals surface area contributed by atoms with E-state index >= 15 is 0 Å². The second-order valence-electron chi connectivity index (χ2n) is 15.8. The van der Waals surface area contributed by atoms with Gasteiger partial charge in [0.25, 0.3) is 0 Å². The first-order valence-electron chi connectivity index (χ1n) is 20.7. The molecule has 328 valence electrons. The lowest BCUT2D eigenvalue weighted by atomic mass is 10.0. The summed E-state index contributed by atoms with van der Waals surface area (Å²) < 4.78 is 62.1. The van der Waals surface area contributed by atoms with E-state index in [-0.39, 0.29) is 10.6 Å². The molecule has 4 aromatic carbocycles. The van der Waals surface area contributed by atoms with Crippen LogP contribution in [0.1, 0.15) is 86.7 Å². The van der Waals surface area contributed by atoms with Crippen molar-refractivity contribution < 1.29 is 35.9 Å². The number of carbonyl (C=O) groups is 2. The third kappa shape index (κ3) is 11.9. The first-order chi connectivity index (χ1) is 29.3. The Kier molecular flexibility index (Phi) is 15.5. The molecule has 0 saturated carbocycles. The van der Waals surface area contributed by atoms with E-state index < -0.39 is 31.6 Å². The van der Waals surface area contributed by atoms with Crippen molar-refractivity contribution in [3.8, 4) is 33.6 Å². The number of hydrogen-bond donors (Lipinski definition) is 0. The largest absolute Gasteiger partial charge is 0.461 e. The van der Waals surface area contributed by atoms with Crippen molar-refractivity contribution in [3.05, 3.63) is 132 Å². The molecule has 0 aliphatic heterocycles. The molecule has 12 nitrogen and oxygen atoms in total. The standard InChI is InChI=1S/C25H30N2O4S.C23H26N2O4S/c1-6-18-8-9-20(15-23(18)32(5,29)30)19-10-12-21(13-11-19)27-16-22(25(28)31-7-2)26-24(27)14-17(3)4;1-5-29-23(26)21-15-25(22(24-21)13-16(2)3)19-11-9-17(10-12-19)18-7-6-8-20(14-18)30(4,27)28/h8-13,15-17H,6-7,14H2,1-5H3;6-12,14-16H,5,13H2,1-4H3. The fourth-order valence-electron chi connectivity index (χ4n) is 6.82. The van der Waals surface area contributed by atoms with Gasteiger partial charge < -0.3 is 18.6 Å². The molecule has 14 heteroatoms. The van der Waals surface area contributed by atoms with Gasteiger partial charge in [0, 0.05) is 49.1 Å². The Balaban J connectivity index is 0.000000235. The monoisotopic (exact) mass is 880 g/mol. The van der Waals surface area contributed by atoms with Crippen molar-refractivity contribution in [3.63, 3.8) is 0 Å². The molecule has 0 aliphatic carbocycles. The first-order valence-corrected chi connectivity index (χ1v) is 24.5. The van der Waals surface area contributed by atoms with E-state index in [1.165, 1.54) is 12.5 Å². The highest BCUT2D eigenvalue weighted by Crippen LogP contribution is 2.28. The Morgan fingerprint density at radius 3 is 1.40 bits per heavy atom. The van der Waals surface area contributed by atoms with Gasteiger partial charge in [-0.15, -0.1) is 0 Å². The third-order valence-electron chi connectivity index (χ3n) is 9.78. The van der Waals surface area contributed by atoms with Gasteiger partial charge in [-0.3, -0.25) is 0 Å². The summed E-state index contributed by atoms with van der Waals surface area (Å²) in [5.74, 6) is 1.46. The zero-order valence-corrected chi connectivity index (χ0v) is 38.5. The Morgan fingerprint density at radius 2 is 1.02 bits per heavy atom. The van der Waals surface area contributed by atoms with Crippen LogP contribution in [0.15, 0.2) is 113 Å². The Labute approximate surface area is 365 Å². The van der Waals surface area contributed by atoms with Crippen molar-refractivity contribution in [2.75, 3.05) is 25.7 Å². The van der Waals surface area contributed by atoms with Gasteiger partial charge in [0.1, 0.15) is 11.6 Å². The van der Waals surface area contributed by atoms with Crippen LogP contribution >= 0.6 is 0 Å². The van der Waals surface area contributed by atoms with Crippen LogP contribution in [0.5, 0.6) is 0 Å². The third-order valence-corrected chi connectivity index (χ3v) is 12.1. The molecule has 0 saturated heterocycles. The number of hydrogen-bond acceptors (Lipinski definition) is 10. The predicted molar refractivity (Wildman–Crippen MR) is 243 cm³/mol. The van der Waals surface area contributed by atoms with Gasteiger partial charge in [-0.1, -0.05) is 83.1 Å². The molecular weight excluding hydrogens is 825 g/mol. The minimum absolute atomic E-state index is 0.289. The molecule has 0 unspecified atom stereocenters. The van der Waals surface area contributed by atoms with E-state index in [0.29, 0.717) is 42.1 Å². The second-order valence-corrected chi connectivity index (χ2v) is 19.8. The zero-order chi connectivity index (χ0) is 45.4. The molecule has 0 bridgehead atoms. The predicted octanol–water partition coefficient (Wildman–Crippen LogP) is 9.20. The van der Waals surface area contributed by atoms with E-state index in [9.17, 15) is 26.4 Å². The summed E-state index contributed by atoms with van der Waals surface area (Å²) in [6.45, 7) is 14.5. The second kappa shape index (κ2) is 20.3. The van der Waals surface area contributed by atoms with Crippen LogP contribution in [0.3, 0.4) is 0 Å². The van der Waals surface area contributed by atoms with Gasteiger partial charge >= 0.3 is 11.9 Å². The van der Waals surface area contributed by atoms with Crippen molar-refractivity contribution in [2.24, 2.45) is 11.8 Å². The number of aryl methyl sites for hydroxylation is 1. The highest BCUT2D eigenvalue weighted by atomic mass is 32.2. The molecule has 0 atom stereocenters. The van der Waals surface area contributed by atoms with Crippen LogP contribution in [0.25, 0.3) is 33.6 Å². The zero-order valence-electron chi connectivity index (χ0n) is 36.9. The van der Waals surface area contributed by atoms with Crippen molar-refractivity contribution in [1.82, 2.24) is 19.1 Å². The first kappa shape index (κ1) is 47.2. The van der Waals surface area contributed by atoms with Gasteiger partial charge in [0.15, 0.2) is 31.1 Å². The summed E-state index contributed by atoms with van der Waals surface area (Å²) in [5, 5.41) is 0. The number of benzene rings is 4. The van der Waals surface area contributed by atoms with E-state index in [0.717, 1.165) is 63.7 Å². The lowest BCUT2D eigenvalue weighted by Gasteiger charge is -2.12. The smallest absolute Gasteiger partial charge is 0.358 e. The summed E-state index contributed by atoms with van der Waals surface area (Å²) in [5.41, 5.74) is 6.63. The van der Waals surface area contributed by atoms with Gasteiger partial charge in [0.2, 0.25) is 0 Å². The van der Waals surface area contributed by atoms with Crippen molar-refractivity contribution in [1.29, 1.82) is 0 Å². The molecule has 0 aliphatic rings. The highest BCUT2D eigenvalue weighted by Gasteiger charge is 2.20. The molecule has 0 amide bonds. The maximum atomic E-state index is 12.2. The molecule has 0 fully saturated rings. The minimum atomic E-state index is -3.31. The fourth-order valence-corrected chi connectivity index (χ4v) is 8.51. The maximum absolute atomic E-state index is 12.2. The topological polar surface area (TPSA) is 157 Å². The number of nitrogens with zero attached hydrogens (tertiary/aromatic N) is 4. The average molecular weight is 881 g/mol. The minimum Gasteiger partial charge on any atom is -0.461 e. The molecule has 0 N–H and O–H groups in total. The summed E-state index contributed by atoms with van der Waals surface area (Å²) in [6, 6.07) is 28.0. The molecule has 6 rings (SSSR count). The van der Waals surface area contributed by atoms with Crippen LogP contribution in [-0.2, 0) is 48.4 Å². The molecule has 6 aromatic rings. The average Bonchev–Trinajstić information content (AvgIpc) is 3.85. The lowest BCUT2D eigenvalue weighted by Crippen LogP contribution is -2.05. The number of aromatic nitrogens is 4. The van der Waals surface area contributed by atoms with Crippen molar-refractivity contribution in [2.45, 2.75) is 77.5 Å². The Bertz CT molecular complexity index is 2730. The molecule has 0 radical (unpaired) electrons. The van der Waals surface area contributed by atoms with Gasteiger partial charge in [-0.05, 0) is 102 Å². The number of ether oxygens (including phenoxy) is 2. The Morgan fingerprint density at radius 1 is 0.581 bits per heavy atom. The van der Waals surface area contributed by atoms with Crippen LogP contribution in [-0.4, -0.2) is 73.6 Å². The number of imidazole rings is 2. The van der Waals surface area contributed by atoms with Crippen LogP contribution in [0, 0.1) is 11.8 Å². The summed E-state index contributed by atoms with van der Waals surface area (Å²) in [4.78, 5) is 34.0. The van der Waals surface area contributed by atoms with E-state index in [1.54, 1.807) is 50.5 Å². The van der Waals surface area contributed by atoms with Gasteiger partial charge in [-0.2, -0.15) is 0 Å². The normalized spacial score (nSPS) is 11.7. The van der Waals surface area contributed by atoms with Crippen LogP contribution in [0.4, 0.5) is 0 Å². The fraction of sp³-hybridized carbons (Fsp3) is 0.333. The summed E-state index contributed by atoms with van der Waals surface area (Å²) in [6.07, 6.45) is 7.95. The van der Waals surface area contributed by atoms with Crippen LogP contribution in [0.2, 0.25) is 0 Å². The quantitative estimate of drug-likeness (QED) is 0.0912. The van der Waals surface area contributed by atoms with E-state index in [2.05, 4.69) is 37.7 Å². The number of sulfone groups is 2. The summed E-state index contributed by atoms with van der Waals surface area (Å²) >= 11 is 0. The molecule has 0 spiro atoms. The van der Waals surface area contributed by atoms with E-state index in [1.807, 2.05) is 82.8 Å². The maximum Gasteiger partial charge on any atom is 0.358 e. The SMILES string of the molecule is CCOC(=O)c1cn(-c2ccc(-c3ccc(CC)c(S(C)(=O)=O)c3)cc2)c(CC(C)C)n1.CCOC(=O)c1cn(-c2ccc(-c3cccc(S(C)(=O)=O)c3)cc2)c(CC(C)C)n1. The highest BCUT2D eigenvalue weighted by molar-refractivity contribution is 7.91. The molecule has 2 aromatic heterocycles. The van der Waals surface area contributed by atoms with Gasteiger partial charge in [0.05, 0.1) is 23.0 Å². The van der Waals surface area contributed by atoms with Gasteiger partial charge in [-0.25, -0.2) is 36.4 Å². The van der Waals surface area contributed by atoms with Crippen LogP contribution < -0.4 is 0 Å². The van der Waals surface area contributed by atoms with E-state index in [4.69, 9.17) is 9.47 Å². The lowest BCUT2D eigenvalue weighted by molar-refractivity contribution is 0.0510. The molecule has 2 heterocycles. The number of rotatable bonds is 15. The number of esters is 2. The molecule has 62 heavy (non-hydrogen) atoms. The van der Waals surface area contributed by atoms with Crippen molar-refractivity contribution >= 4 is 31.6 Å². The Hall–Kier alpha value is -5.86. The molecular formula is C48H56N4O8S2.